The third kappa shape index (κ3) is 6.46. The van der Waals surface area contributed by atoms with E-state index in [0.29, 0.717) is 5.06 Å². The predicted molar refractivity (Wildman–Crippen MR) is 123 cm³/mol. The maximum atomic E-state index is 12.6. The fourth-order valence-electron chi connectivity index (χ4n) is 2.94. The van der Waals surface area contributed by atoms with E-state index in [1.54, 1.807) is 0 Å². The summed E-state index contributed by atoms with van der Waals surface area (Å²) in [7, 11) is 5.19. The van der Waals surface area contributed by atoms with Crippen molar-refractivity contribution in [2.45, 2.75) is 25.4 Å². The Kier molecular flexibility index (Phi) is 8.23. The molecule has 1 aromatic carbocycles. The Balaban J connectivity index is 1.67. The number of H-pyrrole nitrogens is 1. The maximum Gasteiger partial charge on any atom is 0.345 e. The number of amides is 1. The zero-order valence-corrected chi connectivity index (χ0v) is 19.8. The van der Waals surface area contributed by atoms with Gasteiger partial charge in [0.25, 0.3) is 17.4 Å². The van der Waals surface area contributed by atoms with Crippen LogP contribution in [0.4, 0.5) is 11.6 Å². The van der Waals surface area contributed by atoms with Crippen LogP contribution >= 0.6 is 0 Å². The number of aromatic nitrogens is 4. The van der Waals surface area contributed by atoms with Gasteiger partial charge in [0.2, 0.25) is 5.95 Å². The normalized spacial score (nSPS) is 11.5. The van der Waals surface area contributed by atoms with Crippen LogP contribution in [0.5, 0.6) is 0 Å². The van der Waals surface area contributed by atoms with Gasteiger partial charge < -0.3 is 30.2 Å². The van der Waals surface area contributed by atoms with Gasteiger partial charge in [0.15, 0.2) is 11.2 Å². The van der Waals surface area contributed by atoms with Crippen molar-refractivity contribution in [2.24, 2.45) is 0 Å². The molecule has 0 saturated carbocycles. The van der Waals surface area contributed by atoms with Gasteiger partial charge >= 0.3 is 26.9 Å². The highest BCUT2D eigenvalue weighted by Crippen LogP contribution is 2.17. The minimum atomic E-state index is -1.12. The molecule has 0 fully saturated rings. The Hall–Kier alpha value is -4.16. The van der Waals surface area contributed by atoms with Crippen molar-refractivity contribution in [3.63, 3.8) is 0 Å². The van der Waals surface area contributed by atoms with E-state index >= 15 is 0 Å². The number of fused-ring (bicyclic) bond motifs is 1. The summed E-state index contributed by atoms with van der Waals surface area (Å²) >= 11 is 0. The number of carbonyl (C=O) groups is 3. The first kappa shape index (κ1) is 25.5. The SMILES string of the molecule is Nc1nc2ncc(CN([O-])c3ccc(C(=O)N[C@@H](CCC(=O)O[Si])C(=O)O[Si])cc3)nc2c(=O)[nH]1. The lowest BCUT2D eigenvalue weighted by Gasteiger charge is -2.30. The summed E-state index contributed by atoms with van der Waals surface area (Å²) in [5, 5.41) is 15.6. The summed E-state index contributed by atoms with van der Waals surface area (Å²) in [4.78, 5) is 61.9. The van der Waals surface area contributed by atoms with Crippen molar-refractivity contribution < 1.29 is 23.2 Å². The molecular formula is C19H16N7O7Si2-. The van der Waals surface area contributed by atoms with Crippen molar-refractivity contribution in [1.82, 2.24) is 25.3 Å². The number of rotatable bonds is 9. The molecule has 35 heavy (non-hydrogen) atoms. The van der Waals surface area contributed by atoms with E-state index in [4.69, 9.17) is 5.73 Å². The first-order valence-electron chi connectivity index (χ1n) is 9.82. The van der Waals surface area contributed by atoms with Crippen LogP contribution in [0.15, 0.2) is 35.3 Å². The summed E-state index contributed by atoms with van der Waals surface area (Å²) in [6, 6.07) is 4.42. The second-order valence-electron chi connectivity index (χ2n) is 7.03. The predicted octanol–water partition coefficient (Wildman–Crippen LogP) is -1.07. The number of hydrogen-bond acceptors (Lipinski definition) is 12. The number of aromatic amines is 1. The molecule has 0 aliphatic heterocycles. The second-order valence-corrected chi connectivity index (χ2v) is 7.44. The molecule has 0 aliphatic carbocycles. The third-order valence-electron chi connectivity index (χ3n) is 4.65. The van der Waals surface area contributed by atoms with Gasteiger partial charge in [-0.1, -0.05) is 0 Å². The number of benzene rings is 1. The molecular weight excluding hydrogens is 494 g/mol. The highest BCUT2D eigenvalue weighted by Gasteiger charge is 2.23. The summed E-state index contributed by atoms with van der Waals surface area (Å²) in [5.41, 5.74) is 5.44. The number of nitrogen functional groups attached to an aromatic ring is 1. The highest BCUT2D eigenvalue weighted by atomic mass is 28.2. The topological polar surface area (TPSA) is 206 Å². The molecule has 3 aromatic rings. The number of nitrogens with two attached hydrogens (primary N) is 1. The quantitative estimate of drug-likeness (QED) is 0.232. The zero-order valence-electron chi connectivity index (χ0n) is 17.8. The average Bonchev–Trinajstić information content (AvgIpc) is 2.86. The fraction of sp³-hybridized carbons (Fsp3) is 0.211. The van der Waals surface area contributed by atoms with Gasteiger partial charge in [0.05, 0.1) is 18.4 Å². The van der Waals surface area contributed by atoms with Crippen LogP contribution in [-0.4, -0.2) is 64.8 Å². The lowest BCUT2D eigenvalue weighted by Crippen LogP contribution is -2.42. The molecule has 3 rings (SSSR count). The van der Waals surface area contributed by atoms with Gasteiger partial charge in [-0.25, -0.2) is 9.97 Å². The molecule has 14 nitrogen and oxygen atoms in total. The molecule has 0 spiro atoms. The van der Waals surface area contributed by atoms with Gasteiger partial charge in [-0.15, -0.1) is 0 Å². The first-order valence-corrected chi connectivity index (χ1v) is 10.6. The van der Waals surface area contributed by atoms with Crippen LogP contribution in [0.25, 0.3) is 11.2 Å². The van der Waals surface area contributed by atoms with Gasteiger partial charge in [0, 0.05) is 17.7 Å². The molecule has 16 heteroatoms. The second kappa shape index (κ2) is 11.3. The number of nitrogens with one attached hydrogen (secondary N) is 2. The van der Waals surface area contributed by atoms with E-state index in [0.717, 1.165) is 0 Å². The lowest BCUT2D eigenvalue weighted by atomic mass is 10.1. The van der Waals surface area contributed by atoms with Gasteiger partial charge in [-0.05, 0) is 30.7 Å². The number of anilines is 2. The minimum Gasteiger partial charge on any atom is -0.758 e. The summed E-state index contributed by atoms with van der Waals surface area (Å²) in [5.74, 6) is -2.18. The van der Waals surface area contributed by atoms with Crippen LogP contribution < -0.4 is 21.7 Å². The van der Waals surface area contributed by atoms with Crippen molar-refractivity contribution in [3.8, 4) is 0 Å². The minimum absolute atomic E-state index is 0.0498. The van der Waals surface area contributed by atoms with Crippen LogP contribution in [0.2, 0.25) is 0 Å². The number of carbonyl (C=O) groups excluding carboxylic acids is 3. The molecule has 1 atom stereocenters. The monoisotopic (exact) mass is 510 g/mol. The molecule has 0 saturated heterocycles. The van der Waals surface area contributed by atoms with E-state index in [1.165, 1.54) is 30.5 Å². The Morgan fingerprint density at radius 2 is 1.89 bits per heavy atom. The number of hydrogen-bond donors (Lipinski definition) is 3. The number of hydroxylamine groups is 1. The van der Waals surface area contributed by atoms with Gasteiger partial charge in [-0.2, -0.15) is 4.98 Å². The van der Waals surface area contributed by atoms with Crippen LogP contribution in [0.3, 0.4) is 0 Å². The Labute approximate surface area is 203 Å². The molecule has 2 heterocycles. The molecule has 6 radical (unpaired) electrons. The van der Waals surface area contributed by atoms with Crippen molar-refractivity contribution in [1.29, 1.82) is 0 Å². The molecule has 2 aromatic heterocycles. The van der Waals surface area contributed by atoms with E-state index in [-0.39, 0.29) is 53.4 Å². The van der Waals surface area contributed by atoms with E-state index in [1.807, 2.05) is 0 Å². The van der Waals surface area contributed by atoms with Crippen molar-refractivity contribution in [2.75, 3.05) is 10.8 Å². The van der Waals surface area contributed by atoms with Crippen LogP contribution in [0.1, 0.15) is 28.9 Å². The Bertz CT molecular complexity index is 1300. The molecule has 1 amide bonds. The lowest BCUT2D eigenvalue weighted by molar-refractivity contribution is -0.137. The van der Waals surface area contributed by atoms with E-state index < -0.39 is 29.4 Å². The summed E-state index contributed by atoms with van der Waals surface area (Å²) < 4.78 is 8.79. The van der Waals surface area contributed by atoms with Crippen LogP contribution in [-0.2, 0) is 25.0 Å². The van der Waals surface area contributed by atoms with Crippen LogP contribution in [0, 0.1) is 5.21 Å². The van der Waals surface area contributed by atoms with Gasteiger partial charge in [-0.3, -0.25) is 24.2 Å². The van der Waals surface area contributed by atoms with E-state index in [2.05, 4.69) is 55.1 Å². The molecule has 0 aliphatic rings. The summed E-state index contributed by atoms with van der Waals surface area (Å²) in [6.45, 7) is -0.235. The summed E-state index contributed by atoms with van der Waals surface area (Å²) in [6.07, 6.45) is 1.07. The molecule has 178 valence electrons. The largest absolute Gasteiger partial charge is 0.758 e. The standard InChI is InChI=1S/C19H16N7O7Si2/c20-19-24-15-14(17(29)25-19)22-10(7-21-15)8-26(31)11-3-1-9(2-4-11)16(28)23-12(18(30)33-35)5-6-13(27)32-34/h1-4,7,12H,5-6,8H2,(H,23,28)(H3,20,21,24,25,29)/q-1/t12-/m0/s1. The van der Waals surface area contributed by atoms with E-state index in [9.17, 15) is 24.4 Å². The first-order chi connectivity index (χ1) is 16.7. The van der Waals surface area contributed by atoms with Gasteiger partial charge in [0.1, 0.15) is 6.04 Å². The molecule has 0 unspecified atom stereocenters. The fourth-order valence-corrected chi connectivity index (χ4v) is 3.18. The van der Waals surface area contributed by atoms with Crippen molar-refractivity contribution in [3.05, 3.63) is 57.3 Å². The molecule has 0 bridgehead atoms. The third-order valence-corrected chi connectivity index (χ3v) is 5.08. The van der Waals surface area contributed by atoms with Crippen molar-refractivity contribution >= 4 is 61.6 Å². The average molecular weight is 511 g/mol. The number of nitrogens with zero attached hydrogens (tertiary/aromatic N) is 4. The Morgan fingerprint density at radius 1 is 1.17 bits per heavy atom. The highest BCUT2D eigenvalue weighted by molar-refractivity contribution is 6.07. The zero-order chi connectivity index (χ0) is 25.5. The smallest absolute Gasteiger partial charge is 0.345 e. The molecule has 4 N–H and O–H groups in total. The Morgan fingerprint density at radius 3 is 2.54 bits per heavy atom. The maximum absolute atomic E-state index is 12.6.